The van der Waals surface area contributed by atoms with Crippen LogP contribution in [0.3, 0.4) is 0 Å². The van der Waals surface area contributed by atoms with Crippen molar-refractivity contribution >= 4 is 44.9 Å². The van der Waals surface area contributed by atoms with Crippen molar-refractivity contribution in [2.24, 2.45) is 11.7 Å². The molecule has 1 unspecified atom stereocenters. The van der Waals surface area contributed by atoms with Gasteiger partial charge in [-0.15, -0.1) is 11.3 Å². The highest BCUT2D eigenvalue weighted by atomic mass is 35.5. The van der Waals surface area contributed by atoms with Crippen LogP contribution in [-0.4, -0.2) is 29.0 Å². The first-order valence-electron chi connectivity index (χ1n) is 6.02. The molecule has 2 N–H and O–H groups in total. The smallest absolute Gasteiger partial charge is 0.225 e. The third-order valence-electron chi connectivity index (χ3n) is 3.36. The van der Waals surface area contributed by atoms with Gasteiger partial charge in [0.25, 0.3) is 0 Å². The number of rotatable bonds is 2. The monoisotopic (exact) mass is 296 g/mol. The van der Waals surface area contributed by atoms with Crippen LogP contribution in [0, 0.1) is 12.8 Å². The number of nitrogens with zero attached hydrogens (tertiary/aromatic N) is 3. The number of halogens is 1. The Morgan fingerprint density at radius 1 is 1.58 bits per heavy atom. The van der Waals surface area contributed by atoms with Crippen LogP contribution in [0.15, 0.2) is 6.07 Å². The lowest BCUT2D eigenvalue weighted by Crippen LogP contribution is -2.27. The molecule has 19 heavy (non-hydrogen) atoms. The van der Waals surface area contributed by atoms with E-state index in [1.54, 1.807) is 11.3 Å². The van der Waals surface area contributed by atoms with E-state index in [9.17, 15) is 4.79 Å². The molecule has 5 nitrogen and oxygen atoms in total. The van der Waals surface area contributed by atoms with Gasteiger partial charge in [-0.2, -0.15) is 4.98 Å². The van der Waals surface area contributed by atoms with E-state index in [2.05, 4.69) is 20.9 Å². The maximum absolute atomic E-state index is 11.3. The van der Waals surface area contributed by atoms with Gasteiger partial charge in [0, 0.05) is 18.0 Å². The lowest BCUT2D eigenvalue weighted by atomic mass is 10.1. The second-order valence-electron chi connectivity index (χ2n) is 4.73. The summed E-state index contributed by atoms with van der Waals surface area (Å²) in [7, 11) is 0. The Morgan fingerprint density at radius 3 is 3.05 bits per heavy atom. The minimum absolute atomic E-state index is 0.108. The predicted molar refractivity (Wildman–Crippen MR) is 76.7 cm³/mol. The number of fused-ring (bicyclic) bond motifs is 1. The van der Waals surface area contributed by atoms with Crippen LogP contribution in [0.2, 0.25) is 5.28 Å². The molecular weight excluding hydrogens is 284 g/mol. The van der Waals surface area contributed by atoms with Gasteiger partial charge in [-0.1, -0.05) is 0 Å². The normalized spacial score (nSPS) is 19.3. The predicted octanol–water partition coefficient (Wildman–Crippen LogP) is 1.96. The third-order valence-corrected chi connectivity index (χ3v) is 4.47. The molecule has 2 aromatic rings. The average molecular weight is 297 g/mol. The summed E-state index contributed by atoms with van der Waals surface area (Å²) in [5, 5.41) is 1.24. The van der Waals surface area contributed by atoms with Gasteiger partial charge in [-0.25, -0.2) is 4.98 Å². The van der Waals surface area contributed by atoms with Crippen molar-refractivity contribution in [1.29, 1.82) is 0 Å². The molecule has 1 saturated heterocycles. The van der Waals surface area contributed by atoms with Gasteiger partial charge in [-0.3, -0.25) is 4.79 Å². The zero-order valence-corrected chi connectivity index (χ0v) is 12.0. The summed E-state index contributed by atoms with van der Waals surface area (Å²) in [4.78, 5) is 23.9. The molecule has 0 bridgehead atoms. The van der Waals surface area contributed by atoms with Crippen molar-refractivity contribution in [2.75, 3.05) is 18.0 Å². The molecule has 0 aliphatic carbocycles. The standard InChI is InChI=1S/C12H13ClN4OS/c1-6-4-8-10(15-12(13)16-11(8)19-6)17-3-2-7(5-17)9(14)18/h4,7H,2-3,5H2,1H3,(H2,14,18). The second kappa shape index (κ2) is 4.61. The summed E-state index contributed by atoms with van der Waals surface area (Å²) < 4.78 is 0. The molecule has 100 valence electrons. The molecule has 1 aliphatic heterocycles. The molecule has 1 fully saturated rings. The highest BCUT2D eigenvalue weighted by Gasteiger charge is 2.29. The third kappa shape index (κ3) is 2.26. The van der Waals surface area contributed by atoms with Crippen molar-refractivity contribution in [2.45, 2.75) is 13.3 Å². The van der Waals surface area contributed by atoms with Crippen LogP contribution in [0.1, 0.15) is 11.3 Å². The Bertz CT molecular complexity index is 656. The van der Waals surface area contributed by atoms with Crippen molar-refractivity contribution in [3.05, 3.63) is 16.2 Å². The molecule has 1 aliphatic rings. The first-order valence-corrected chi connectivity index (χ1v) is 7.22. The zero-order chi connectivity index (χ0) is 13.6. The van der Waals surface area contributed by atoms with Gasteiger partial charge in [0.2, 0.25) is 11.2 Å². The number of hydrogen-bond acceptors (Lipinski definition) is 5. The van der Waals surface area contributed by atoms with E-state index in [-0.39, 0.29) is 17.1 Å². The van der Waals surface area contributed by atoms with Crippen LogP contribution in [-0.2, 0) is 4.79 Å². The van der Waals surface area contributed by atoms with Crippen LogP contribution >= 0.6 is 22.9 Å². The molecule has 0 radical (unpaired) electrons. The van der Waals surface area contributed by atoms with Gasteiger partial charge in [0.05, 0.1) is 11.3 Å². The van der Waals surface area contributed by atoms with Crippen LogP contribution in [0.25, 0.3) is 10.2 Å². The van der Waals surface area contributed by atoms with E-state index in [0.717, 1.165) is 29.0 Å². The average Bonchev–Trinajstić information content (AvgIpc) is 2.93. The summed E-state index contributed by atoms with van der Waals surface area (Å²) in [5.41, 5.74) is 5.36. The Morgan fingerprint density at radius 2 is 2.37 bits per heavy atom. The molecule has 0 saturated carbocycles. The highest BCUT2D eigenvalue weighted by molar-refractivity contribution is 7.18. The Balaban J connectivity index is 2.03. The molecule has 0 spiro atoms. The van der Waals surface area contributed by atoms with Crippen molar-refractivity contribution in [3.8, 4) is 0 Å². The summed E-state index contributed by atoms with van der Waals surface area (Å²) in [6, 6.07) is 2.06. The van der Waals surface area contributed by atoms with E-state index in [4.69, 9.17) is 17.3 Å². The topological polar surface area (TPSA) is 72.1 Å². The minimum Gasteiger partial charge on any atom is -0.369 e. The Hall–Kier alpha value is -1.40. The number of carbonyl (C=O) groups excluding carboxylic acids is 1. The lowest BCUT2D eigenvalue weighted by Gasteiger charge is -2.17. The second-order valence-corrected chi connectivity index (χ2v) is 6.30. The first-order chi connectivity index (χ1) is 9.04. The number of thiophene rings is 1. The summed E-state index contributed by atoms with van der Waals surface area (Å²) in [5.74, 6) is 0.451. The molecule has 2 aromatic heterocycles. The molecule has 3 rings (SSSR count). The van der Waals surface area contributed by atoms with E-state index in [1.807, 2.05) is 6.92 Å². The number of anilines is 1. The van der Waals surface area contributed by atoms with Crippen LogP contribution in [0.4, 0.5) is 5.82 Å². The number of aryl methyl sites for hydroxylation is 1. The molecule has 1 amide bonds. The maximum atomic E-state index is 11.3. The Labute approximate surface area is 119 Å². The first kappa shape index (κ1) is 12.6. The number of aromatic nitrogens is 2. The zero-order valence-electron chi connectivity index (χ0n) is 10.4. The van der Waals surface area contributed by atoms with Crippen LogP contribution < -0.4 is 10.6 Å². The largest absolute Gasteiger partial charge is 0.369 e. The number of carbonyl (C=O) groups is 1. The SMILES string of the molecule is Cc1cc2c(N3CCC(C(N)=O)C3)nc(Cl)nc2s1. The fraction of sp³-hybridized carbons (Fsp3) is 0.417. The molecule has 3 heterocycles. The summed E-state index contributed by atoms with van der Waals surface area (Å²) in [6.07, 6.45) is 0.765. The van der Waals surface area contributed by atoms with Gasteiger partial charge in [0.1, 0.15) is 10.6 Å². The summed E-state index contributed by atoms with van der Waals surface area (Å²) >= 11 is 7.57. The fourth-order valence-electron chi connectivity index (χ4n) is 2.43. The lowest BCUT2D eigenvalue weighted by molar-refractivity contribution is -0.121. The van der Waals surface area contributed by atoms with Gasteiger partial charge >= 0.3 is 0 Å². The number of amides is 1. The molecule has 0 aromatic carbocycles. The summed E-state index contributed by atoms with van der Waals surface area (Å²) in [6.45, 7) is 3.40. The van der Waals surface area contributed by atoms with E-state index in [1.165, 1.54) is 4.88 Å². The minimum atomic E-state index is -0.250. The number of nitrogens with two attached hydrogens (primary N) is 1. The van der Waals surface area contributed by atoms with Crippen LogP contribution in [0.5, 0.6) is 0 Å². The highest BCUT2D eigenvalue weighted by Crippen LogP contribution is 2.33. The molecule has 1 atom stereocenters. The van der Waals surface area contributed by atoms with Gasteiger partial charge in [0.15, 0.2) is 0 Å². The van der Waals surface area contributed by atoms with Gasteiger partial charge in [-0.05, 0) is 31.0 Å². The number of primary amides is 1. The fourth-order valence-corrected chi connectivity index (χ4v) is 3.52. The molecular formula is C12H13ClN4OS. The van der Waals surface area contributed by atoms with E-state index < -0.39 is 0 Å². The van der Waals surface area contributed by atoms with E-state index in [0.29, 0.717) is 6.54 Å². The van der Waals surface area contributed by atoms with E-state index >= 15 is 0 Å². The molecule has 7 heteroatoms. The number of hydrogen-bond donors (Lipinski definition) is 1. The van der Waals surface area contributed by atoms with Gasteiger partial charge < -0.3 is 10.6 Å². The quantitative estimate of drug-likeness (QED) is 0.860. The van der Waals surface area contributed by atoms with Crippen molar-refractivity contribution < 1.29 is 4.79 Å². The van der Waals surface area contributed by atoms with Crippen molar-refractivity contribution in [3.63, 3.8) is 0 Å². The Kier molecular flexibility index (Phi) is 3.06. The maximum Gasteiger partial charge on any atom is 0.225 e. The van der Waals surface area contributed by atoms with Crippen molar-refractivity contribution in [1.82, 2.24) is 9.97 Å².